The predicted octanol–water partition coefficient (Wildman–Crippen LogP) is 5.33. The lowest BCUT2D eigenvalue weighted by atomic mass is 10.2. The van der Waals surface area contributed by atoms with Gasteiger partial charge in [0.05, 0.1) is 15.6 Å². The molecule has 0 N–H and O–H groups in total. The molecule has 0 radical (unpaired) electrons. The molecular weight excluding hydrogens is 359 g/mol. The SMILES string of the molecule is Fc1ccc(Br)c(F)c1COc1ccccc1C(F)(F)F. The molecule has 0 heterocycles. The first-order valence-electron chi connectivity index (χ1n) is 5.72. The average Bonchev–Trinajstić information content (AvgIpc) is 2.42. The van der Waals surface area contributed by atoms with Crippen LogP contribution in [0, 0.1) is 11.6 Å². The first-order chi connectivity index (χ1) is 9.80. The molecule has 0 aliphatic heterocycles. The van der Waals surface area contributed by atoms with E-state index in [0.29, 0.717) is 0 Å². The van der Waals surface area contributed by atoms with Crippen LogP contribution in [0.4, 0.5) is 22.0 Å². The molecule has 0 atom stereocenters. The molecule has 2 aromatic carbocycles. The van der Waals surface area contributed by atoms with Crippen LogP contribution in [-0.4, -0.2) is 0 Å². The van der Waals surface area contributed by atoms with Crippen molar-refractivity contribution in [2.24, 2.45) is 0 Å². The minimum atomic E-state index is -4.61. The molecule has 0 spiro atoms. The Balaban J connectivity index is 2.28. The molecule has 112 valence electrons. The zero-order chi connectivity index (χ0) is 15.6. The Kier molecular flexibility index (Phi) is 4.51. The van der Waals surface area contributed by atoms with Crippen LogP contribution in [0.25, 0.3) is 0 Å². The fourth-order valence-electron chi connectivity index (χ4n) is 1.68. The summed E-state index contributed by atoms with van der Waals surface area (Å²) in [5, 5.41) is 0. The third kappa shape index (κ3) is 3.53. The van der Waals surface area contributed by atoms with Gasteiger partial charge in [-0.25, -0.2) is 8.78 Å². The molecule has 0 aliphatic carbocycles. The van der Waals surface area contributed by atoms with E-state index in [4.69, 9.17) is 4.74 Å². The zero-order valence-electron chi connectivity index (χ0n) is 10.3. The second kappa shape index (κ2) is 6.01. The van der Waals surface area contributed by atoms with Gasteiger partial charge < -0.3 is 4.74 Å². The molecule has 0 amide bonds. The molecule has 0 aromatic heterocycles. The van der Waals surface area contributed by atoms with Crippen molar-refractivity contribution in [2.75, 3.05) is 0 Å². The number of alkyl halides is 3. The van der Waals surface area contributed by atoms with Crippen LogP contribution in [-0.2, 0) is 12.8 Å². The fourth-order valence-corrected chi connectivity index (χ4v) is 2.05. The maximum atomic E-state index is 13.7. The standard InChI is InChI=1S/C14H8BrF5O/c15-10-5-6-11(16)8(13(10)17)7-21-12-4-2-1-3-9(12)14(18,19)20/h1-6H,7H2. The summed E-state index contributed by atoms with van der Waals surface area (Å²) < 4.78 is 70.5. The number of hydrogen-bond donors (Lipinski definition) is 0. The van der Waals surface area contributed by atoms with Gasteiger partial charge in [0.15, 0.2) is 0 Å². The van der Waals surface area contributed by atoms with E-state index in [1.807, 2.05) is 0 Å². The van der Waals surface area contributed by atoms with E-state index in [2.05, 4.69) is 15.9 Å². The average molecular weight is 367 g/mol. The maximum Gasteiger partial charge on any atom is 0.419 e. The van der Waals surface area contributed by atoms with Crippen molar-refractivity contribution in [1.29, 1.82) is 0 Å². The van der Waals surface area contributed by atoms with Crippen molar-refractivity contribution in [3.8, 4) is 5.75 Å². The van der Waals surface area contributed by atoms with Gasteiger partial charge in [-0.1, -0.05) is 12.1 Å². The van der Waals surface area contributed by atoms with E-state index in [9.17, 15) is 22.0 Å². The molecule has 2 rings (SSSR count). The summed E-state index contributed by atoms with van der Waals surface area (Å²) in [7, 11) is 0. The van der Waals surface area contributed by atoms with Gasteiger partial charge in [-0.05, 0) is 40.2 Å². The Morgan fingerprint density at radius 3 is 2.33 bits per heavy atom. The van der Waals surface area contributed by atoms with E-state index >= 15 is 0 Å². The number of ether oxygens (including phenoxy) is 1. The highest BCUT2D eigenvalue weighted by Crippen LogP contribution is 2.36. The van der Waals surface area contributed by atoms with Gasteiger partial charge in [-0.15, -0.1) is 0 Å². The topological polar surface area (TPSA) is 9.23 Å². The summed E-state index contributed by atoms with van der Waals surface area (Å²) in [6, 6.07) is 6.65. The highest BCUT2D eigenvalue weighted by atomic mass is 79.9. The highest BCUT2D eigenvalue weighted by molar-refractivity contribution is 9.10. The summed E-state index contributed by atoms with van der Waals surface area (Å²) in [5.74, 6) is -2.27. The third-order valence-electron chi connectivity index (χ3n) is 2.70. The predicted molar refractivity (Wildman–Crippen MR) is 69.8 cm³/mol. The summed E-state index contributed by atoms with van der Waals surface area (Å²) in [6.45, 7) is -0.649. The highest BCUT2D eigenvalue weighted by Gasteiger charge is 2.34. The first kappa shape index (κ1) is 15.8. The lowest BCUT2D eigenvalue weighted by Crippen LogP contribution is -2.09. The van der Waals surface area contributed by atoms with Crippen molar-refractivity contribution in [1.82, 2.24) is 0 Å². The van der Waals surface area contributed by atoms with Crippen molar-refractivity contribution < 1.29 is 26.7 Å². The molecule has 0 saturated heterocycles. The monoisotopic (exact) mass is 366 g/mol. The molecule has 0 bridgehead atoms. The van der Waals surface area contributed by atoms with Gasteiger partial charge in [0.25, 0.3) is 0 Å². The van der Waals surface area contributed by atoms with E-state index in [1.165, 1.54) is 12.1 Å². The van der Waals surface area contributed by atoms with E-state index in [0.717, 1.165) is 24.3 Å². The van der Waals surface area contributed by atoms with E-state index in [1.54, 1.807) is 0 Å². The van der Waals surface area contributed by atoms with Crippen molar-refractivity contribution in [3.05, 3.63) is 63.6 Å². The summed E-state index contributed by atoms with van der Waals surface area (Å²) in [6.07, 6.45) is -4.61. The normalized spacial score (nSPS) is 11.5. The van der Waals surface area contributed by atoms with Gasteiger partial charge in [-0.3, -0.25) is 0 Å². The van der Waals surface area contributed by atoms with Gasteiger partial charge in [-0.2, -0.15) is 13.2 Å². The van der Waals surface area contributed by atoms with Crippen LogP contribution in [0.15, 0.2) is 40.9 Å². The van der Waals surface area contributed by atoms with Gasteiger partial charge in [0, 0.05) is 0 Å². The molecule has 1 nitrogen and oxygen atoms in total. The Hall–Kier alpha value is -1.63. The summed E-state index contributed by atoms with van der Waals surface area (Å²) in [5.41, 5.74) is -1.44. The molecular formula is C14H8BrF5O. The van der Waals surface area contributed by atoms with Crippen molar-refractivity contribution in [3.63, 3.8) is 0 Å². The lowest BCUT2D eigenvalue weighted by molar-refractivity contribution is -0.139. The number of hydrogen-bond acceptors (Lipinski definition) is 1. The molecule has 0 saturated carbocycles. The molecule has 21 heavy (non-hydrogen) atoms. The van der Waals surface area contributed by atoms with E-state index < -0.39 is 41.3 Å². The van der Waals surface area contributed by atoms with Gasteiger partial charge in [0.1, 0.15) is 24.0 Å². The van der Waals surface area contributed by atoms with Crippen LogP contribution in [0.2, 0.25) is 0 Å². The van der Waals surface area contributed by atoms with Crippen molar-refractivity contribution >= 4 is 15.9 Å². The Morgan fingerprint density at radius 2 is 1.67 bits per heavy atom. The summed E-state index contributed by atoms with van der Waals surface area (Å²) in [4.78, 5) is 0. The Bertz CT molecular complexity index is 654. The third-order valence-corrected chi connectivity index (χ3v) is 3.32. The van der Waals surface area contributed by atoms with E-state index in [-0.39, 0.29) is 4.47 Å². The summed E-state index contributed by atoms with van der Waals surface area (Å²) >= 11 is 2.88. The second-order valence-corrected chi connectivity index (χ2v) is 4.96. The van der Waals surface area contributed by atoms with Crippen LogP contribution >= 0.6 is 15.9 Å². The lowest BCUT2D eigenvalue weighted by Gasteiger charge is -2.14. The van der Waals surface area contributed by atoms with Crippen LogP contribution in [0.5, 0.6) is 5.75 Å². The maximum absolute atomic E-state index is 13.7. The first-order valence-corrected chi connectivity index (χ1v) is 6.51. The zero-order valence-corrected chi connectivity index (χ0v) is 11.9. The second-order valence-electron chi connectivity index (χ2n) is 4.10. The van der Waals surface area contributed by atoms with Gasteiger partial charge >= 0.3 is 6.18 Å². The Labute approximate surface area is 125 Å². The quantitative estimate of drug-likeness (QED) is 0.527. The largest absolute Gasteiger partial charge is 0.488 e. The number of halogens is 6. The molecule has 2 aromatic rings. The Morgan fingerprint density at radius 1 is 1.00 bits per heavy atom. The molecule has 0 unspecified atom stereocenters. The van der Waals surface area contributed by atoms with Gasteiger partial charge in [0.2, 0.25) is 0 Å². The molecule has 0 fully saturated rings. The minimum absolute atomic E-state index is 0.00612. The number of rotatable bonds is 3. The number of para-hydroxylation sites is 1. The molecule has 0 aliphatic rings. The fraction of sp³-hybridized carbons (Fsp3) is 0.143. The molecule has 7 heteroatoms. The number of benzene rings is 2. The van der Waals surface area contributed by atoms with Crippen LogP contribution < -0.4 is 4.74 Å². The van der Waals surface area contributed by atoms with Crippen LogP contribution in [0.1, 0.15) is 11.1 Å². The smallest absolute Gasteiger partial charge is 0.419 e. The minimum Gasteiger partial charge on any atom is -0.488 e. The van der Waals surface area contributed by atoms with Crippen molar-refractivity contribution in [2.45, 2.75) is 12.8 Å². The van der Waals surface area contributed by atoms with Crippen LogP contribution in [0.3, 0.4) is 0 Å².